The number of halogens is 1. The third-order valence-corrected chi connectivity index (χ3v) is 3.78. The van der Waals surface area contributed by atoms with Crippen LogP contribution >= 0.6 is 11.6 Å². The van der Waals surface area contributed by atoms with E-state index in [1.165, 1.54) is 6.33 Å². The molecule has 0 saturated carbocycles. The Kier molecular flexibility index (Phi) is 4.22. The van der Waals surface area contributed by atoms with Crippen molar-refractivity contribution in [2.45, 2.75) is 0 Å². The van der Waals surface area contributed by atoms with Crippen molar-refractivity contribution in [2.75, 3.05) is 38.1 Å². The zero-order valence-corrected chi connectivity index (χ0v) is 12.6. The highest BCUT2D eigenvalue weighted by atomic mass is 35.5. The molecule has 1 aliphatic heterocycles. The van der Waals surface area contributed by atoms with Crippen LogP contribution in [-0.4, -0.2) is 48.1 Å². The third-order valence-electron chi connectivity index (χ3n) is 3.53. The minimum atomic E-state index is 0.580. The lowest BCUT2D eigenvalue weighted by atomic mass is 10.3. The Hall–Kier alpha value is -1.85. The first kappa shape index (κ1) is 14.1. The predicted molar refractivity (Wildman–Crippen MR) is 83.3 cm³/mol. The number of likely N-dealkylation sites (N-methyl/N-ethyl adjacent to an activating group) is 1. The summed E-state index contributed by atoms with van der Waals surface area (Å²) in [5, 5.41) is 0.685. The summed E-state index contributed by atoms with van der Waals surface area (Å²) >= 11 is 5.89. The molecule has 0 atom stereocenters. The van der Waals surface area contributed by atoms with Gasteiger partial charge in [0, 0.05) is 31.2 Å². The number of hydrogen-bond donors (Lipinski definition) is 0. The molecule has 0 bridgehead atoms. The van der Waals surface area contributed by atoms with Gasteiger partial charge in [0.25, 0.3) is 0 Å². The van der Waals surface area contributed by atoms with Gasteiger partial charge in [-0.1, -0.05) is 11.6 Å². The first-order valence-electron chi connectivity index (χ1n) is 6.89. The smallest absolute Gasteiger partial charge is 0.246 e. The summed E-state index contributed by atoms with van der Waals surface area (Å²) in [5.41, 5.74) is 0.931. The van der Waals surface area contributed by atoms with E-state index in [0.717, 1.165) is 31.9 Å². The largest absolute Gasteiger partial charge is 0.437 e. The lowest BCUT2D eigenvalue weighted by molar-refractivity contribution is 0.311. The summed E-state index contributed by atoms with van der Waals surface area (Å²) in [6, 6.07) is 7.26. The van der Waals surface area contributed by atoms with Gasteiger partial charge >= 0.3 is 0 Å². The molecule has 1 saturated heterocycles. The second-order valence-electron chi connectivity index (χ2n) is 5.06. The SMILES string of the molecule is CN1CCN(c2cncnc2Oc2ccc(Cl)cc2)CC1. The topological polar surface area (TPSA) is 41.5 Å². The number of piperazine rings is 1. The second kappa shape index (κ2) is 6.28. The molecule has 0 spiro atoms. The summed E-state index contributed by atoms with van der Waals surface area (Å²) in [4.78, 5) is 13.0. The molecule has 1 aromatic heterocycles. The molecule has 0 amide bonds. The van der Waals surface area contributed by atoms with Crippen molar-refractivity contribution in [3.63, 3.8) is 0 Å². The van der Waals surface area contributed by atoms with Gasteiger partial charge in [0.1, 0.15) is 17.8 Å². The first-order chi connectivity index (χ1) is 10.2. The lowest BCUT2D eigenvalue weighted by Gasteiger charge is -2.34. The van der Waals surface area contributed by atoms with Gasteiger partial charge in [0.05, 0.1) is 6.20 Å². The van der Waals surface area contributed by atoms with E-state index in [1.807, 2.05) is 18.3 Å². The van der Waals surface area contributed by atoms with Crippen LogP contribution in [-0.2, 0) is 0 Å². The molecule has 110 valence electrons. The summed E-state index contributed by atoms with van der Waals surface area (Å²) in [6.07, 6.45) is 3.31. The highest BCUT2D eigenvalue weighted by molar-refractivity contribution is 6.30. The molecule has 1 fully saturated rings. The van der Waals surface area contributed by atoms with Crippen LogP contribution in [0.2, 0.25) is 5.02 Å². The number of anilines is 1. The van der Waals surface area contributed by atoms with E-state index in [0.29, 0.717) is 16.7 Å². The molecule has 0 N–H and O–H groups in total. The molecule has 2 aromatic rings. The van der Waals surface area contributed by atoms with Crippen LogP contribution in [0.5, 0.6) is 11.6 Å². The highest BCUT2D eigenvalue weighted by Gasteiger charge is 2.19. The summed E-state index contributed by atoms with van der Waals surface area (Å²) < 4.78 is 5.88. The quantitative estimate of drug-likeness (QED) is 0.872. The van der Waals surface area contributed by atoms with Gasteiger partial charge in [0.15, 0.2) is 0 Å². The third kappa shape index (κ3) is 3.43. The predicted octanol–water partition coefficient (Wildman–Crippen LogP) is 2.67. The van der Waals surface area contributed by atoms with Gasteiger partial charge in [-0.2, -0.15) is 4.98 Å². The molecule has 21 heavy (non-hydrogen) atoms. The molecular formula is C15H17ClN4O. The Balaban J connectivity index is 1.80. The zero-order valence-electron chi connectivity index (χ0n) is 11.9. The number of hydrogen-bond acceptors (Lipinski definition) is 5. The first-order valence-corrected chi connectivity index (χ1v) is 7.27. The average Bonchev–Trinajstić information content (AvgIpc) is 2.51. The number of benzene rings is 1. The Labute approximate surface area is 129 Å². The second-order valence-corrected chi connectivity index (χ2v) is 5.50. The van der Waals surface area contributed by atoms with Gasteiger partial charge in [-0.15, -0.1) is 0 Å². The fraction of sp³-hybridized carbons (Fsp3) is 0.333. The normalized spacial score (nSPS) is 16.0. The summed E-state index contributed by atoms with van der Waals surface area (Å²) in [5.74, 6) is 1.30. The number of ether oxygens (including phenoxy) is 1. The van der Waals surface area contributed by atoms with Crippen LogP contribution < -0.4 is 9.64 Å². The zero-order chi connectivity index (χ0) is 14.7. The van der Waals surface area contributed by atoms with Gasteiger partial charge in [0.2, 0.25) is 5.88 Å². The van der Waals surface area contributed by atoms with Crippen molar-refractivity contribution in [1.82, 2.24) is 14.9 Å². The summed E-state index contributed by atoms with van der Waals surface area (Å²) in [7, 11) is 2.13. The number of rotatable bonds is 3. The molecule has 0 aliphatic carbocycles. The Morgan fingerprint density at radius 2 is 1.81 bits per heavy atom. The molecule has 0 radical (unpaired) electrons. The molecule has 1 aliphatic rings. The van der Waals surface area contributed by atoms with E-state index in [2.05, 4.69) is 26.8 Å². The summed E-state index contributed by atoms with van der Waals surface area (Å²) in [6.45, 7) is 3.94. The van der Waals surface area contributed by atoms with Gasteiger partial charge in [-0.05, 0) is 31.3 Å². The van der Waals surface area contributed by atoms with Crippen molar-refractivity contribution in [3.05, 3.63) is 41.8 Å². The lowest BCUT2D eigenvalue weighted by Crippen LogP contribution is -2.44. The van der Waals surface area contributed by atoms with Crippen molar-refractivity contribution in [1.29, 1.82) is 0 Å². The number of nitrogens with zero attached hydrogens (tertiary/aromatic N) is 4. The van der Waals surface area contributed by atoms with Crippen molar-refractivity contribution >= 4 is 17.3 Å². The number of aromatic nitrogens is 2. The average molecular weight is 305 g/mol. The molecule has 1 aromatic carbocycles. The van der Waals surface area contributed by atoms with E-state index < -0.39 is 0 Å². The monoisotopic (exact) mass is 304 g/mol. The van der Waals surface area contributed by atoms with Crippen LogP contribution in [0.1, 0.15) is 0 Å². The van der Waals surface area contributed by atoms with Crippen LogP contribution in [0.15, 0.2) is 36.8 Å². The van der Waals surface area contributed by atoms with E-state index in [-0.39, 0.29) is 0 Å². The van der Waals surface area contributed by atoms with Crippen molar-refractivity contribution < 1.29 is 4.74 Å². The minimum absolute atomic E-state index is 0.580. The minimum Gasteiger partial charge on any atom is -0.437 e. The van der Waals surface area contributed by atoms with Gasteiger partial charge < -0.3 is 14.5 Å². The van der Waals surface area contributed by atoms with Gasteiger partial charge in [-0.25, -0.2) is 4.98 Å². The molecule has 2 heterocycles. The molecule has 3 rings (SSSR count). The van der Waals surface area contributed by atoms with E-state index in [1.54, 1.807) is 12.1 Å². The molecule has 0 unspecified atom stereocenters. The van der Waals surface area contributed by atoms with E-state index in [9.17, 15) is 0 Å². The maximum absolute atomic E-state index is 5.89. The maximum atomic E-state index is 5.89. The fourth-order valence-electron chi connectivity index (χ4n) is 2.27. The van der Waals surface area contributed by atoms with E-state index in [4.69, 9.17) is 16.3 Å². The van der Waals surface area contributed by atoms with Crippen molar-refractivity contribution in [2.24, 2.45) is 0 Å². The van der Waals surface area contributed by atoms with Crippen LogP contribution in [0, 0.1) is 0 Å². The van der Waals surface area contributed by atoms with Crippen LogP contribution in [0.25, 0.3) is 0 Å². The van der Waals surface area contributed by atoms with E-state index >= 15 is 0 Å². The fourth-order valence-corrected chi connectivity index (χ4v) is 2.39. The Bertz CT molecular complexity index is 597. The standard InChI is InChI=1S/C15H17ClN4O/c1-19-6-8-20(9-7-19)14-10-17-11-18-15(14)21-13-4-2-12(16)3-5-13/h2-5,10-11H,6-9H2,1H3. The van der Waals surface area contributed by atoms with Crippen molar-refractivity contribution in [3.8, 4) is 11.6 Å². The van der Waals surface area contributed by atoms with Crippen LogP contribution in [0.4, 0.5) is 5.69 Å². The molecule has 6 heteroatoms. The maximum Gasteiger partial charge on any atom is 0.246 e. The highest BCUT2D eigenvalue weighted by Crippen LogP contribution is 2.30. The molecular weight excluding hydrogens is 288 g/mol. The van der Waals surface area contributed by atoms with Crippen LogP contribution in [0.3, 0.4) is 0 Å². The Morgan fingerprint density at radius 1 is 1.10 bits per heavy atom. The Morgan fingerprint density at radius 3 is 2.52 bits per heavy atom. The van der Waals surface area contributed by atoms with Gasteiger partial charge in [-0.3, -0.25) is 0 Å². The molecule has 5 nitrogen and oxygen atoms in total.